The summed E-state index contributed by atoms with van der Waals surface area (Å²) in [6, 6.07) is 1.82. The summed E-state index contributed by atoms with van der Waals surface area (Å²) in [5, 5.41) is 18.7. The number of H-pyrrole nitrogens is 1. The normalized spacial score (nSPS) is 9.71. The van der Waals surface area contributed by atoms with Crippen molar-refractivity contribution in [1.82, 2.24) is 4.98 Å². The summed E-state index contributed by atoms with van der Waals surface area (Å²) in [7, 11) is 0. The van der Waals surface area contributed by atoms with Gasteiger partial charge < -0.3 is 10.1 Å². The Morgan fingerprint density at radius 3 is 2.71 bits per heavy atom. The third-order valence-electron chi connectivity index (χ3n) is 1.44. The molecule has 0 aromatic carbocycles. The molecule has 74 valence electrons. The first-order valence-corrected chi connectivity index (χ1v) is 3.58. The van der Waals surface area contributed by atoms with E-state index < -0.39 is 28.6 Å². The second-order valence-corrected chi connectivity index (χ2v) is 2.56. The van der Waals surface area contributed by atoms with Gasteiger partial charge in [0.25, 0.3) is 11.2 Å². The molecule has 2 N–H and O–H groups in total. The summed E-state index contributed by atoms with van der Waals surface area (Å²) in [6.45, 7) is 0. The largest absolute Gasteiger partial charge is 0.481 e. The fourth-order valence-corrected chi connectivity index (χ4v) is 0.948. The van der Waals surface area contributed by atoms with Crippen LogP contribution in [0.25, 0.3) is 0 Å². The summed E-state index contributed by atoms with van der Waals surface area (Å²) in [4.78, 5) is 32.9. The van der Waals surface area contributed by atoms with E-state index in [1.165, 1.54) is 0 Å². The van der Waals surface area contributed by atoms with Gasteiger partial charge in [-0.05, 0) is 0 Å². The van der Waals surface area contributed by atoms with Crippen molar-refractivity contribution in [2.45, 2.75) is 6.42 Å². The minimum Gasteiger partial charge on any atom is -0.481 e. The van der Waals surface area contributed by atoms with Gasteiger partial charge in [0.05, 0.1) is 17.4 Å². The SMILES string of the molecule is O=C(O)Cc1cc([N+](=O)[O-])cc(=O)[nH]1. The van der Waals surface area contributed by atoms with Crippen molar-refractivity contribution < 1.29 is 14.8 Å². The topological polar surface area (TPSA) is 113 Å². The van der Waals surface area contributed by atoms with E-state index in [-0.39, 0.29) is 5.69 Å². The lowest BCUT2D eigenvalue weighted by molar-refractivity contribution is -0.385. The van der Waals surface area contributed by atoms with Crippen molar-refractivity contribution in [3.8, 4) is 0 Å². The molecule has 0 aliphatic carbocycles. The first-order chi connectivity index (χ1) is 6.49. The molecule has 0 unspecified atom stereocenters. The van der Waals surface area contributed by atoms with Gasteiger partial charge >= 0.3 is 5.97 Å². The highest BCUT2D eigenvalue weighted by atomic mass is 16.6. The molecular weight excluding hydrogens is 192 g/mol. The van der Waals surface area contributed by atoms with Crippen LogP contribution in [-0.4, -0.2) is 21.0 Å². The van der Waals surface area contributed by atoms with Gasteiger partial charge in [-0.1, -0.05) is 0 Å². The smallest absolute Gasteiger partial charge is 0.309 e. The lowest BCUT2D eigenvalue weighted by Crippen LogP contribution is -2.12. The zero-order valence-electron chi connectivity index (χ0n) is 6.89. The molecule has 1 aromatic heterocycles. The van der Waals surface area contributed by atoms with E-state index in [2.05, 4.69) is 4.98 Å². The number of nitrogens with zero attached hydrogens (tertiary/aromatic N) is 1. The lowest BCUT2D eigenvalue weighted by atomic mass is 10.2. The van der Waals surface area contributed by atoms with Crippen LogP contribution in [0.5, 0.6) is 0 Å². The van der Waals surface area contributed by atoms with E-state index in [1.54, 1.807) is 0 Å². The molecule has 0 spiro atoms. The number of rotatable bonds is 3. The van der Waals surface area contributed by atoms with Gasteiger partial charge in [0.2, 0.25) is 0 Å². The number of nitrogens with one attached hydrogen (secondary N) is 1. The number of pyridine rings is 1. The summed E-state index contributed by atoms with van der Waals surface area (Å²) in [5.74, 6) is -1.17. The van der Waals surface area contributed by atoms with Gasteiger partial charge in [0, 0.05) is 11.8 Å². The number of aromatic amines is 1. The summed E-state index contributed by atoms with van der Waals surface area (Å²) in [5.41, 5.74) is -1.09. The molecule has 0 saturated carbocycles. The number of aliphatic carboxylic acids is 1. The van der Waals surface area contributed by atoms with Gasteiger partial charge in [-0.2, -0.15) is 0 Å². The molecule has 0 bridgehead atoms. The number of aromatic nitrogens is 1. The minimum absolute atomic E-state index is 0.0108. The number of nitro groups is 1. The van der Waals surface area contributed by atoms with Crippen molar-refractivity contribution >= 4 is 11.7 Å². The zero-order chi connectivity index (χ0) is 10.7. The van der Waals surface area contributed by atoms with Crippen molar-refractivity contribution in [3.63, 3.8) is 0 Å². The fraction of sp³-hybridized carbons (Fsp3) is 0.143. The molecule has 0 aliphatic rings. The standard InChI is InChI=1S/C7H6N2O5/c10-6-3-5(9(13)14)1-4(8-6)2-7(11)12/h1,3H,2H2,(H,8,10)(H,11,12). The number of carboxylic acid groups (broad SMARTS) is 1. The van der Waals surface area contributed by atoms with Gasteiger partial charge in [0.1, 0.15) is 0 Å². The van der Waals surface area contributed by atoms with Gasteiger partial charge in [-0.15, -0.1) is 0 Å². The maximum absolute atomic E-state index is 10.8. The summed E-state index contributed by atoms with van der Waals surface area (Å²) < 4.78 is 0. The molecular formula is C7H6N2O5. The Morgan fingerprint density at radius 1 is 1.57 bits per heavy atom. The van der Waals surface area contributed by atoms with Crippen LogP contribution in [0, 0.1) is 10.1 Å². The predicted octanol–water partition coefficient (Wildman–Crippen LogP) is -0.0898. The molecule has 0 radical (unpaired) electrons. The van der Waals surface area contributed by atoms with E-state index in [0.29, 0.717) is 0 Å². The Labute approximate surface area is 77.2 Å². The van der Waals surface area contributed by atoms with Crippen LogP contribution in [0.1, 0.15) is 5.69 Å². The third-order valence-corrected chi connectivity index (χ3v) is 1.44. The minimum atomic E-state index is -1.17. The Balaban J connectivity index is 3.13. The molecule has 0 saturated heterocycles. The van der Waals surface area contributed by atoms with Crippen LogP contribution >= 0.6 is 0 Å². The molecule has 0 atom stereocenters. The molecule has 7 heteroatoms. The quantitative estimate of drug-likeness (QED) is 0.520. The molecule has 0 aliphatic heterocycles. The van der Waals surface area contributed by atoms with Crippen LogP contribution in [0.3, 0.4) is 0 Å². The Kier molecular flexibility index (Phi) is 2.61. The molecule has 0 fully saturated rings. The number of hydrogen-bond donors (Lipinski definition) is 2. The van der Waals surface area contributed by atoms with Crippen LogP contribution in [0.2, 0.25) is 0 Å². The second-order valence-electron chi connectivity index (χ2n) is 2.56. The van der Waals surface area contributed by atoms with Crippen LogP contribution in [-0.2, 0) is 11.2 Å². The van der Waals surface area contributed by atoms with Crippen molar-refractivity contribution in [1.29, 1.82) is 0 Å². The van der Waals surface area contributed by atoms with Crippen LogP contribution in [0.15, 0.2) is 16.9 Å². The summed E-state index contributed by atoms with van der Waals surface area (Å²) >= 11 is 0. The molecule has 14 heavy (non-hydrogen) atoms. The van der Waals surface area contributed by atoms with Gasteiger partial charge in [-0.25, -0.2) is 0 Å². The maximum atomic E-state index is 10.8. The fourth-order valence-electron chi connectivity index (χ4n) is 0.948. The van der Waals surface area contributed by atoms with Crippen molar-refractivity contribution in [2.24, 2.45) is 0 Å². The van der Waals surface area contributed by atoms with E-state index in [0.717, 1.165) is 12.1 Å². The first kappa shape index (κ1) is 9.90. The van der Waals surface area contributed by atoms with E-state index in [9.17, 15) is 19.7 Å². The third kappa shape index (κ3) is 2.41. The molecule has 1 aromatic rings. The average molecular weight is 198 g/mol. The van der Waals surface area contributed by atoms with E-state index >= 15 is 0 Å². The number of hydrogen-bond acceptors (Lipinski definition) is 4. The molecule has 7 nitrogen and oxygen atoms in total. The number of carboxylic acids is 1. The highest BCUT2D eigenvalue weighted by molar-refractivity contribution is 5.69. The second kappa shape index (κ2) is 3.69. The van der Waals surface area contributed by atoms with E-state index in [4.69, 9.17) is 5.11 Å². The average Bonchev–Trinajstić information content (AvgIpc) is 2.01. The highest BCUT2D eigenvalue weighted by Gasteiger charge is 2.10. The number of carbonyl (C=O) groups is 1. The van der Waals surface area contributed by atoms with Crippen LogP contribution in [0.4, 0.5) is 5.69 Å². The van der Waals surface area contributed by atoms with Crippen molar-refractivity contribution in [2.75, 3.05) is 0 Å². The summed E-state index contributed by atoms with van der Waals surface area (Å²) in [6.07, 6.45) is -0.448. The molecule has 1 heterocycles. The maximum Gasteiger partial charge on any atom is 0.309 e. The van der Waals surface area contributed by atoms with Crippen LogP contribution < -0.4 is 5.56 Å². The van der Waals surface area contributed by atoms with Gasteiger partial charge in [0.15, 0.2) is 0 Å². The Hall–Kier alpha value is -2.18. The van der Waals surface area contributed by atoms with Crippen molar-refractivity contribution in [3.05, 3.63) is 38.3 Å². The Bertz CT molecular complexity index is 436. The van der Waals surface area contributed by atoms with E-state index in [1.807, 2.05) is 0 Å². The lowest BCUT2D eigenvalue weighted by Gasteiger charge is -1.96. The predicted molar refractivity (Wildman–Crippen MR) is 45.1 cm³/mol. The highest BCUT2D eigenvalue weighted by Crippen LogP contribution is 2.08. The zero-order valence-corrected chi connectivity index (χ0v) is 6.89. The first-order valence-electron chi connectivity index (χ1n) is 3.58. The molecule has 0 amide bonds. The Morgan fingerprint density at radius 2 is 2.21 bits per heavy atom. The molecule has 1 rings (SSSR count). The van der Waals surface area contributed by atoms with Gasteiger partial charge in [-0.3, -0.25) is 19.7 Å². The monoisotopic (exact) mass is 198 g/mol.